The predicted octanol–water partition coefficient (Wildman–Crippen LogP) is 2.81. The van der Waals surface area contributed by atoms with Gasteiger partial charge in [-0.3, -0.25) is 0 Å². The van der Waals surface area contributed by atoms with Crippen LogP contribution in [0, 0.1) is 9.49 Å². The summed E-state index contributed by atoms with van der Waals surface area (Å²) in [7, 11) is 0. The number of hydrogen-bond donors (Lipinski definition) is 1. The number of hydrogen-bond acceptors (Lipinski definition) is 2. The second-order valence-corrected chi connectivity index (χ2v) is 5.58. The molecule has 0 saturated carbocycles. The van der Waals surface area contributed by atoms with E-state index in [9.17, 15) is 0 Å². The normalized spacial score (nSPS) is 17.6. The van der Waals surface area contributed by atoms with Crippen molar-refractivity contribution in [1.29, 1.82) is 0 Å². The Morgan fingerprint density at radius 2 is 1.88 bits per heavy atom. The van der Waals surface area contributed by atoms with E-state index in [2.05, 4.69) is 52.2 Å². The van der Waals surface area contributed by atoms with Crippen molar-refractivity contribution >= 4 is 22.6 Å². The Labute approximate surface area is 111 Å². The average Bonchev–Trinajstić information content (AvgIpc) is 2.33. The molecule has 1 N–H and O–H groups in total. The van der Waals surface area contributed by atoms with E-state index in [0.29, 0.717) is 0 Å². The Hall–Kier alpha value is -0.130. The van der Waals surface area contributed by atoms with E-state index in [1.807, 2.05) is 0 Å². The zero-order valence-electron chi connectivity index (χ0n) is 9.42. The van der Waals surface area contributed by atoms with Gasteiger partial charge in [0.05, 0.1) is 6.61 Å². The highest BCUT2D eigenvalue weighted by molar-refractivity contribution is 14.1. The topological polar surface area (TPSA) is 21.3 Å². The molecule has 88 valence electrons. The summed E-state index contributed by atoms with van der Waals surface area (Å²) in [5, 5.41) is 3.37. The molecule has 0 unspecified atom stereocenters. The van der Waals surface area contributed by atoms with Crippen molar-refractivity contribution < 1.29 is 4.74 Å². The lowest BCUT2D eigenvalue weighted by molar-refractivity contribution is 0.0763. The standard InChI is InChI=1S/C13H18INO/c14-13-3-1-11(2-4-13)9-16-10-12-5-7-15-8-6-12/h1-4,12,15H,5-10H2. The molecule has 0 aliphatic carbocycles. The molecule has 0 spiro atoms. The van der Waals surface area contributed by atoms with Gasteiger partial charge in [-0.2, -0.15) is 0 Å². The molecule has 2 nitrogen and oxygen atoms in total. The molecule has 1 aromatic rings. The van der Waals surface area contributed by atoms with E-state index in [0.717, 1.165) is 32.2 Å². The van der Waals surface area contributed by atoms with Gasteiger partial charge in [0, 0.05) is 10.2 Å². The van der Waals surface area contributed by atoms with Crippen LogP contribution in [-0.4, -0.2) is 19.7 Å². The molecular weight excluding hydrogens is 313 g/mol. The molecule has 16 heavy (non-hydrogen) atoms. The van der Waals surface area contributed by atoms with Gasteiger partial charge >= 0.3 is 0 Å². The minimum Gasteiger partial charge on any atom is -0.376 e. The van der Waals surface area contributed by atoms with Crippen LogP contribution < -0.4 is 5.32 Å². The number of nitrogens with one attached hydrogen (secondary N) is 1. The van der Waals surface area contributed by atoms with Gasteiger partial charge in [0.1, 0.15) is 0 Å². The summed E-state index contributed by atoms with van der Waals surface area (Å²) in [4.78, 5) is 0. The summed E-state index contributed by atoms with van der Waals surface area (Å²) in [5.74, 6) is 0.755. The van der Waals surface area contributed by atoms with Crippen LogP contribution in [-0.2, 0) is 11.3 Å². The third kappa shape index (κ3) is 4.03. The van der Waals surface area contributed by atoms with Crippen LogP contribution in [0.1, 0.15) is 18.4 Å². The Bertz CT molecular complexity index is 306. The lowest BCUT2D eigenvalue weighted by Crippen LogP contribution is -2.29. The average molecular weight is 331 g/mol. The van der Waals surface area contributed by atoms with Crippen molar-refractivity contribution in [2.45, 2.75) is 19.4 Å². The molecule has 1 aliphatic heterocycles. The van der Waals surface area contributed by atoms with Gasteiger partial charge in [-0.25, -0.2) is 0 Å². The molecule has 1 heterocycles. The smallest absolute Gasteiger partial charge is 0.0717 e. The van der Waals surface area contributed by atoms with Gasteiger partial charge in [-0.05, 0) is 72.1 Å². The number of benzene rings is 1. The zero-order valence-corrected chi connectivity index (χ0v) is 11.6. The highest BCUT2D eigenvalue weighted by Crippen LogP contribution is 2.13. The predicted molar refractivity (Wildman–Crippen MR) is 74.4 cm³/mol. The summed E-state index contributed by atoms with van der Waals surface area (Å²) in [6.07, 6.45) is 2.51. The first-order valence-electron chi connectivity index (χ1n) is 5.87. The second-order valence-electron chi connectivity index (χ2n) is 4.33. The maximum Gasteiger partial charge on any atom is 0.0717 e. The zero-order chi connectivity index (χ0) is 11.2. The molecule has 1 fully saturated rings. The molecule has 1 aliphatic rings. The molecule has 3 heteroatoms. The first-order valence-corrected chi connectivity index (χ1v) is 6.95. The van der Waals surface area contributed by atoms with Gasteiger partial charge in [-0.1, -0.05) is 12.1 Å². The van der Waals surface area contributed by atoms with Gasteiger partial charge in [0.15, 0.2) is 0 Å². The number of ether oxygens (including phenoxy) is 1. The molecule has 0 atom stereocenters. The quantitative estimate of drug-likeness (QED) is 0.857. The molecule has 0 amide bonds. The van der Waals surface area contributed by atoms with Crippen molar-refractivity contribution in [2.75, 3.05) is 19.7 Å². The summed E-state index contributed by atoms with van der Waals surface area (Å²) < 4.78 is 7.05. The maximum atomic E-state index is 5.77. The van der Waals surface area contributed by atoms with Crippen LogP contribution >= 0.6 is 22.6 Å². The minimum atomic E-state index is 0.751. The van der Waals surface area contributed by atoms with Gasteiger partial charge < -0.3 is 10.1 Å². The summed E-state index contributed by atoms with van der Waals surface area (Å²) >= 11 is 2.32. The number of rotatable bonds is 4. The van der Waals surface area contributed by atoms with Crippen LogP contribution in [0.4, 0.5) is 0 Å². The minimum absolute atomic E-state index is 0.751. The third-order valence-corrected chi connectivity index (χ3v) is 3.71. The Balaban J connectivity index is 1.69. The molecular formula is C13H18INO. The number of halogens is 1. The van der Waals surface area contributed by atoms with E-state index in [1.165, 1.54) is 22.0 Å². The van der Waals surface area contributed by atoms with Crippen molar-refractivity contribution in [3.8, 4) is 0 Å². The van der Waals surface area contributed by atoms with Crippen molar-refractivity contribution in [1.82, 2.24) is 5.32 Å². The monoisotopic (exact) mass is 331 g/mol. The number of piperidine rings is 1. The third-order valence-electron chi connectivity index (χ3n) is 2.99. The second kappa shape index (κ2) is 6.57. The van der Waals surface area contributed by atoms with Crippen molar-refractivity contribution in [3.63, 3.8) is 0 Å². The Morgan fingerprint density at radius 1 is 1.19 bits per heavy atom. The molecule has 1 aromatic carbocycles. The van der Waals surface area contributed by atoms with E-state index >= 15 is 0 Å². The lowest BCUT2D eigenvalue weighted by Gasteiger charge is -2.22. The van der Waals surface area contributed by atoms with Crippen LogP contribution in [0.5, 0.6) is 0 Å². The fourth-order valence-electron chi connectivity index (χ4n) is 1.97. The highest BCUT2D eigenvalue weighted by atomic mass is 127. The van der Waals surface area contributed by atoms with E-state index in [4.69, 9.17) is 4.74 Å². The fourth-order valence-corrected chi connectivity index (χ4v) is 2.33. The SMILES string of the molecule is Ic1ccc(COCC2CCNCC2)cc1. The molecule has 0 bridgehead atoms. The van der Waals surface area contributed by atoms with E-state index in [-0.39, 0.29) is 0 Å². The van der Waals surface area contributed by atoms with Gasteiger partial charge in [0.25, 0.3) is 0 Å². The largest absolute Gasteiger partial charge is 0.376 e. The molecule has 1 saturated heterocycles. The highest BCUT2D eigenvalue weighted by Gasteiger charge is 2.12. The summed E-state index contributed by atoms with van der Waals surface area (Å²) in [6, 6.07) is 8.54. The Kier molecular flexibility index (Phi) is 5.06. The molecule has 2 rings (SSSR count). The van der Waals surface area contributed by atoms with Crippen molar-refractivity contribution in [3.05, 3.63) is 33.4 Å². The first-order chi connectivity index (χ1) is 7.84. The van der Waals surface area contributed by atoms with Crippen molar-refractivity contribution in [2.24, 2.45) is 5.92 Å². The Morgan fingerprint density at radius 3 is 2.56 bits per heavy atom. The van der Waals surface area contributed by atoms with Crippen LogP contribution in [0.25, 0.3) is 0 Å². The summed E-state index contributed by atoms with van der Waals surface area (Å²) in [5.41, 5.74) is 1.27. The fraction of sp³-hybridized carbons (Fsp3) is 0.538. The first kappa shape index (κ1) is 12.3. The maximum absolute atomic E-state index is 5.77. The van der Waals surface area contributed by atoms with Gasteiger partial charge in [0.2, 0.25) is 0 Å². The summed E-state index contributed by atoms with van der Waals surface area (Å²) in [6.45, 7) is 3.96. The van der Waals surface area contributed by atoms with E-state index < -0.39 is 0 Å². The van der Waals surface area contributed by atoms with Crippen LogP contribution in [0.15, 0.2) is 24.3 Å². The molecule has 0 radical (unpaired) electrons. The molecule has 0 aromatic heterocycles. The van der Waals surface area contributed by atoms with Gasteiger partial charge in [-0.15, -0.1) is 0 Å². The van der Waals surface area contributed by atoms with Crippen LogP contribution in [0.2, 0.25) is 0 Å². The lowest BCUT2D eigenvalue weighted by atomic mass is 9.99. The van der Waals surface area contributed by atoms with Crippen LogP contribution in [0.3, 0.4) is 0 Å². The van der Waals surface area contributed by atoms with E-state index in [1.54, 1.807) is 0 Å².